The van der Waals surface area contributed by atoms with Crippen LogP contribution in [0.25, 0.3) is 0 Å². The molecule has 0 aliphatic carbocycles. The molecule has 0 atom stereocenters. The van der Waals surface area contributed by atoms with Crippen LogP contribution < -0.4 is 14.8 Å². The molecule has 10 heteroatoms. The highest BCUT2D eigenvalue weighted by Crippen LogP contribution is 2.36. The van der Waals surface area contributed by atoms with E-state index in [0.717, 1.165) is 17.7 Å². The molecule has 1 N–H and O–H groups in total. The summed E-state index contributed by atoms with van der Waals surface area (Å²) in [6.45, 7) is -0.311. The Morgan fingerprint density at radius 2 is 1.74 bits per heavy atom. The maximum Gasteiger partial charge on any atom is 0.417 e. The average molecular weight is 459 g/mol. The lowest BCUT2D eigenvalue weighted by Crippen LogP contribution is -2.35. The van der Waals surface area contributed by atoms with Crippen LogP contribution in [0.1, 0.15) is 17.5 Å². The molecule has 2 aromatic carbocycles. The van der Waals surface area contributed by atoms with Crippen molar-refractivity contribution in [2.45, 2.75) is 19.0 Å². The van der Waals surface area contributed by atoms with E-state index in [1.807, 2.05) is 0 Å². The minimum absolute atomic E-state index is 0.0621. The molecular weight excluding hydrogens is 437 g/mol. The Balaban J connectivity index is 1.92. The number of amides is 2. The lowest BCUT2D eigenvalue weighted by Gasteiger charge is -2.18. The third kappa shape index (κ3) is 6.78. The smallest absolute Gasteiger partial charge is 0.417 e. The first-order valence-electron chi connectivity index (χ1n) is 9.16. The molecule has 0 saturated carbocycles. The second kappa shape index (κ2) is 10.4. The van der Waals surface area contributed by atoms with Crippen molar-refractivity contribution in [3.63, 3.8) is 0 Å². The van der Waals surface area contributed by atoms with Gasteiger partial charge in [-0.15, -0.1) is 0 Å². The first-order chi connectivity index (χ1) is 14.5. The van der Waals surface area contributed by atoms with Crippen molar-refractivity contribution in [1.82, 2.24) is 4.90 Å². The molecule has 6 nitrogen and oxygen atoms in total. The molecule has 168 valence electrons. The molecule has 0 heterocycles. The molecular formula is C21H22ClF3N2O4. The van der Waals surface area contributed by atoms with Crippen LogP contribution in [0.4, 0.5) is 18.9 Å². The quantitative estimate of drug-likeness (QED) is 0.636. The number of carbonyl (C=O) groups is 2. The molecule has 0 saturated heterocycles. The van der Waals surface area contributed by atoms with E-state index in [-0.39, 0.29) is 24.6 Å². The highest BCUT2D eigenvalue weighted by atomic mass is 35.5. The highest BCUT2D eigenvalue weighted by Gasteiger charge is 2.33. The molecule has 0 unspecified atom stereocenters. The summed E-state index contributed by atoms with van der Waals surface area (Å²) < 4.78 is 49.2. The Morgan fingerprint density at radius 1 is 1.06 bits per heavy atom. The molecule has 2 aromatic rings. The van der Waals surface area contributed by atoms with Gasteiger partial charge in [0.1, 0.15) is 0 Å². The van der Waals surface area contributed by atoms with Crippen LogP contribution in [0.15, 0.2) is 36.4 Å². The summed E-state index contributed by atoms with van der Waals surface area (Å²) >= 11 is 5.56. The van der Waals surface area contributed by atoms with E-state index in [4.69, 9.17) is 21.1 Å². The van der Waals surface area contributed by atoms with E-state index in [2.05, 4.69) is 5.32 Å². The van der Waals surface area contributed by atoms with E-state index >= 15 is 0 Å². The van der Waals surface area contributed by atoms with Crippen LogP contribution in [0, 0.1) is 0 Å². The molecule has 0 aliphatic heterocycles. The molecule has 0 aromatic heterocycles. The van der Waals surface area contributed by atoms with Crippen LogP contribution in [0.2, 0.25) is 5.02 Å². The molecule has 0 spiro atoms. The fraction of sp³-hybridized carbons (Fsp3) is 0.333. The Labute approximate surface area is 182 Å². The monoisotopic (exact) mass is 458 g/mol. The number of halogens is 4. The van der Waals surface area contributed by atoms with Crippen LogP contribution in [0.5, 0.6) is 11.5 Å². The maximum atomic E-state index is 12.9. The SMILES string of the molecule is COc1ccc(CCC(=O)N(C)CC(=O)Nc2ccc(Cl)c(C(F)(F)F)c2)cc1OC. The first kappa shape index (κ1) is 24.3. The number of rotatable bonds is 8. The average Bonchev–Trinajstić information content (AvgIpc) is 2.72. The number of nitrogens with zero attached hydrogens (tertiary/aromatic N) is 1. The van der Waals surface area contributed by atoms with Crippen molar-refractivity contribution in [2.75, 3.05) is 33.1 Å². The fourth-order valence-electron chi connectivity index (χ4n) is 2.80. The lowest BCUT2D eigenvalue weighted by atomic mass is 10.1. The Hall–Kier alpha value is -2.94. The largest absolute Gasteiger partial charge is 0.493 e. The van der Waals surface area contributed by atoms with Gasteiger partial charge >= 0.3 is 6.18 Å². The number of likely N-dealkylation sites (N-methyl/N-ethyl adjacent to an activating group) is 1. The predicted molar refractivity (Wildman–Crippen MR) is 111 cm³/mol. The molecule has 0 fully saturated rings. The fourth-order valence-corrected chi connectivity index (χ4v) is 3.03. The maximum absolute atomic E-state index is 12.9. The second-order valence-corrected chi connectivity index (χ2v) is 7.09. The summed E-state index contributed by atoms with van der Waals surface area (Å²) in [5.41, 5.74) is -0.260. The molecule has 0 radical (unpaired) electrons. The Morgan fingerprint density at radius 3 is 2.35 bits per heavy atom. The van der Waals surface area contributed by atoms with Crippen molar-refractivity contribution >= 4 is 29.1 Å². The van der Waals surface area contributed by atoms with Gasteiger partial charge in [-0.1, -0.05) is 17.7 Å². The summed E-state index contributed by atoms with van der Waals surface area (Å²) in [6, 6.07) is 8.36. The molecule has 0 bridgehead atoms. The van der Waals surface area contributed by atoms with Gasteiger partial charge in [0.05, 0.1) is 31.4 Å². The van der Waals surface area contributed by atoms with E-state index in [0.29, 0.717) is 17.9 Å². The van der Waals surface area contributed by atoms with Gasteiger partial charge in [-0.3, -0.25) is 9.59 Å². The number of alkyl halides is 3. The number of hydrogen-bond acceptors (Lipinski definition) is 4. The van der Waals surface area contributed by atoms with Crippen LogP contribution in [-0.2, 0) is 22.2 Å². The summed E-state index contributed by atoms with van der Waals surface area (Å²) in [6.07, 6.45) is -4.09. The molecule has 2 rings (SSSR count). The summed E-state index contributed by atoms with van der Waals surface area (Å²) in [7, 11) is 4.48. The minimum Gasteiger partial charge on any atom is -0.493 e. The van der Waals surface area contributed by atoms with Gasteiger partial charge in [0.25, 0.3) is 0 Å². The zero-order chi connectivity index (χ0) is 23.2. The number of aryl methyl sites for hydroxylation is 1. The van der Waals surface area contributed by atoms with Gasteiger partial charge in [-0.25, -0.2) is 0 Å². The highest BCUT2D eigenvalue weighted by molar-refractivity contribution is 6.31. The number of hydrogen-bond donors (Lipinski definition) is 1. The first-order valence-corrected chi connectivity index (χ1v) is 9.54. The Bertz CT molecular complexity index is 951. The lowest BCUT2D eigenvalue weighted by molar-refractivity contribution is -0.137. The zero-order valence-electron chi connectivity index (χ0n) is 17.2. The number of methoxy groups -OCH3 is 2. The zero-order valence-corrected chi connectivity index (χ0v) is 17.9. The van der Waals surface area contributed by atoms with Crippen molar-refractivity contribution in [1.29, 1.82) is 0 Å². The van der Waals surface area contributed by atoms with Gasteiger partial charge in [0, 0.05) is 19.2 Å². The van der Waals surface area contributed by atoms with Crippen LogP contribution in [-0.4, -0.2) is 44.5 Å². The molecule has 31 heavy (non-hydrogen) atoms. The number of nitrogens with one attached hydrogen (secondary N) is 1. The van der Waals surface area contributed by atoms with Crippen LogP contribution in [0.3, 0.4) is 0 Å². The predicted octanol–water partition coefficient (Wildman–Crippen LogP) is 4.41. The normalized spacial score (nSPS) is 11.1. The third-order valence-corrected chi connectivity index (χ3v) is 4.77. The number of ether oxygens (including phenoxy) is 2. The second-order valence-electron chi connectivity index (χ2n) is 6.68. The van der Waals surface area contributed by atoms with E-state index < -0.39 is 22.7 Å². The number of carbonyl (C=O) groups excluding carboxylic acids is 2. The molecule has 2 amide bonds. The van der Waals surface area contributed by atoms with Crippen molar-refractivity contribution in [2.24, 2.45) is 0 Å². The van der Waals surface area contributed by atoms with Crippen molar-refractivity contribution in [3.05, 3.63) is 52.5 Å². The number of anilines is 1. The molecule has 0 aliphatic rings. The summed E-state index contributed by atoms with van der Waals surface area (Å²) in [5.74, 6) is 0.193. The van der Waals surface area contributed by atoms with Gasteiger partial charge in [-0.05, 0) is 42.3 Å². The third-order valence-electron chi connectivity index (χ3n) is 4.44. The van der Waals surface area contributed by atoms with Gasteiger partial charge in [0.2, 0.25) is 11.8 Å². The topological polar surface area (TPSA) is 67.9 Å². The van der Waals surface area contributed by atoms with Gasteiger partial charge in [0.15, 0.2) is 11.5 Å². The minimum atomic E-state index is -4.64. The standard InChI is InChI=1S/C21H22ClF3N2O4/c1-27(20(29)9-5-13-4-8-17(30-2)18(10-13)31-3)12-19(28)26-14-6-7-16(22)15(11-14)21(23,24)25/h4,6-8,10-11H,5,9,12H2,1-3H3,(H,26,28). The van der Waals surface area contributed by atoms with E-state index in [1.165, 1.54) is 32.2 Å². The van der Waals surface area contributed by atoms with Crippen molar-refractivity contribution < 1.29 is 32.2 Å². The van der Waals surface area contributed by atoms with E-state index in [9.17, 15) is 22.8 Å². The summed E-state index contributed by atoms with van der Waals surface area (Å²) in [4.78, 5) is 25.7. The number of benzene rings is 2. The van der Waals surface area contributed by atoms with Gasteiger partial charge < -0.3 is 19.7 Å². The Kier molecular flexibility index (Phi) is 8.15. The van der Waals surface area contributed by atoms with Gasteiger partial charge in [-0.2, -0.15) is 13.2 Å². The van der Waals surface area contributed by atoms with Crippen molar-refractivity contribution in [3.8, 4) is 11.5 Å². The summed E-state index contributed by atoms with van der Waals surface area (Å²) in [5, 5.41) is 1.88. The van der Waals surface area contributed by atoms with Crippen LogP contribution >= 0.6 is 11.6 Å². The van der Waals surface area contributed by atoms with E-state index in [1.54, 1.807) is 18.2 Å².